The number of unbranched alkanes of at least 4 members (excludes halogenated alkanes) is 28. The maximum atomic E-state index is 2.50. The lowest BCUT2D eigenvalue weighted by atomic mass is 9.95. The van der Waals surface area contributed by atoms with Crippen molar-refractivity contribution in [3.05, 3.63) is 0 Å². The average Bonchev–Trinajstić information content (AvgIpc) is 2.88. The molecule has 0 fully saturated rings. The van der Waals surface area contributed by atoms with Crippen LogP contribution in [0.3, 0.4) is 0 Å². The summed E-state index contributed by atoms with van der Waals surface area (Å²) in [6, 6.07) is 0. The minimum atomic E-state index is 0.967. The molecule has 0 aromatic heterocycles. The Hall–Kier alpha value is 0. The Labute approximate surface area is 232 Å². The Morgan fingerprint density at radius 1 is 0.250 bits per heavy atom. The Balaban J connectivity index is 3.11. The van der Waals surface area contributed by atoms with Gasteiger partial charge in [-0.05, 0) is 5.92 Å². The predicted octanol–water partition coefficient (Wildman–Crippen LogP) is 14.1. The van der Waals surface area contributed by atoms with Crippen molar-refractivity contribution in [2.45, 2.75) is 226 Å². The smallest absolute Gasteiger partial charge is 0.0443 e. The lowest BCUT2D eigenvalue weighted by Crippen LogP contribution is -1.95. The van der Waals surface area contributed by atoms with E-state index in [1.54, 1.807) is 0 Å². The van der Waals surface area contributed by atoms with E-state index < -0.39 is 0 Å². The van der Waals surface area contributed by atoms with Gasteiger partial charge in [-0.15, -0.1) is 0 Å². The van der Waals surface area contributed by atoms with E-state index in [0.29, 0.717) is 0 Å². The summed E-state index contributed by atoms with van der Waals surface area (Å²) in [6.07, 6.45) is 47.2. The van der Waals surface area contributed by atoms with Gasteiger partial charge in [0.2, 0.25) is 0 Å². The quantitative estimate of drug-likeness (QED) is 0.0795. The van der Waals surface area contributed by atoms with Crippen LogP contribution in [0.2, 0.25) is 0 Å². The van der Waals surface area contributed by atoms with Gasteiger partial charge in [-0.3, -0.25) is 0 Å². The standard InChI is InChI=1S/C36H74/c1-4-6-8-10-12-14-16-17-18-19-20-21-22-23-24-25-27-29-31-33-35-36(3)34-32-30-28-26-15-13-11-9-7-5-2/h36H,4-35H2,1-3H3. The van der Waals surface area contributed by atoms with Crippen LogP contribution in [0, 0.1) is 5.92 Å². The maximum absolute atomic E-state index is 2.50. The molecule has 0 rings (SSSR count). The molecule has 36 heavy (non-hydrogen) atoms. The van der Waals surface area contributed by atoms with Crippen LogP contribution < -0.4 is 0 Å². The Morgan fingerprint density at radius 2 is 0.417 bits per heavy atom. The average molecular weight is 507 g/mol. The molecule has 0 aromatic rings. The van der Waals surface area contributed by atoms with Crippen molar-refractivity contribution in [2.75, 3.05) is 0 Å². The van der Waals surface area contributed by atoms with Gasteiger partial charge in [0.05, 0.1) is 0 Å². The third kappa shape index (κ3) is 32.0. The highest BCUT2D eigenvalue weighted by atomic mass is 14.1. The van der Waals surface area contributed by atoms with Crippen LogP contribution in [0.4, 0.5) is 0 Å². The van der Waals surface area contributed by atoms with Gasteiger partial charge in [-0.2, -0.15) is 0 Å². The molecule has 0 bridgehead atoms. The van der Waals surface area contributed by atoms with Gasteiger partial charge in [-0.25, -0.2) is 0 Å². The molecule has 1 unspecified atom stereocenters. The molecule has 0 saturated carbocycles. The summed E-state index contributed by atoms with van der Waals surface area (Å²) in [6.45, 7) is 7.12. The van der Waals surface area contributed by atoms with E-state index in [9.17, 15) is 0 Å². The fraction of sp³-hybridized carbons (Fsp3) is 1.00. The highest BCUT2D eigenvalue weighted by Gasteiger charge is 2.02. The van der Waals surface area contributed by atoms with Crippen LogP contribution >= 0.6 is 0 Å². The minimum absolute atomic E-state index is 0.967. The summed E-state index contributed by atoms with van der Waals surface area (Å²) in [7, 11) is 0. The lowest BCUT2D eigenvalue weighted by Gasteiger charge is -2.11. The molecule has 0 saturated heterocycles. The first kappa shape index (κ1) is 36.0. The molecule has 0 N–H and O–H groups in total. The molecule has 0 radical (unpaired) electrons. The van der Waals surface area contributed by atoms with Crippen LogP contribution in [0.5, 0.6) is 0 Å². The third-order valence-corrected chi connectivity index (χ3v) is 8.60. The van der Waals surface area contributed by atoms with Crippen molar-refractivity contribution in [3.63, 3.8) is 0 Å². The number of hydrogen-bond acceptors (Lipinski definition) is 0. The summed E-state index contributed by atoms with van der Waals surface area (Å²) in [4.78, 5) is 0. The topological polar surface area (TPSA) is 0 Å². The van der Waals surface area contributed by atoms with E-state index >= 15 is 0 Å². The Bertz CT molecular complexity index is 359. The predicted molar refractivity (Wildman–Crippen MR) is 168 cm³/mol. The molecular formula is C36H74. The summed E-state index contributed by atoms with van der Waals surface area (Å²) in [5, 5.41) is 0. The molecule has 0 aromatic carbocycles. The molecule has 218 valence electrons. The summed E-state index contributed by atoms with van der Waals surface area (Å²) in [5.41, 5.74) is 0. The lowest BCUT2D eigenvalue weighted by molar-refractivity contribution is 0.429. The van der Waals surface area contributed by atoms with Gasteiger partial charge < -0.3 is 0 Å². The Morgan fingerprint density at radius 3 is 0.611 bits per heavy atom. The first-order valence-corrected chi connectivity index (χ1v) is 17.8. The highest BCUT2D eigenvalue weighted by molar-refractivity contribution is 4.56. The molecule has 0 aliphatic carbocycles. The first-order valence-electron chi connectivity index (χ1n) is 17.8. The van der Waals surface area contributed by atoms with E-state index in [0.717, 1.165) is 5.92 Å². The molecule has 0 amide bonds. The zero-order chi connectivity index (χ0) is 26.2. The highest BCUT2D eigenvalue weighted by Crippen LogP contribution is 2.19. The fourth-order valence-corrected chi connectivity index (χ4v) is 5.87. The summed E-state index contributed by atoms with van der Waals surface area (Å²) in [5.74, 6) is 0.967. The van der Waals surface area contributed by atoms with Crippen LogP contribution in [0.15, 0.2) is 0 Å². The van der Waals surface area contributed by atoms with Gasteiger partial charge in [0.1, 0.15) is 0 Å². The van der Waals surface area contributed by atoms with Crippen molar-refractivity contribution in [1.29, 1.82) is 0 Å². The second-order valence-electron chi connectivity index (χ2n) is 12.6. The van der Waals surface area contributed by atoms with Gasteiger partial charge >= 0.3 is 0 Å². The SMILES string of the molecule is CCCCCCCCCCCCCCCCCCCCCCC(C)CCCCCCCCCCCC. The van der Waals surface area contributed by atoms with E-state index in [2.05, 4.69) is 20.8 Å². The van der Waals surface area contributed by atoms with Crippen LogP contribution in [0.1, 0.15) is 226 Å². The first-order chi connectivity index (χ1) is 17.8. The Kier molecular flexibility index (Phi) is 33.0. The molecule has 0 aliphatic rings. The van der Waals surface area contributed by atoms with Crippen LogP contribution in [-0.4, -0.2) is 0 Å². The minimum Gasteiger partial charge on any atom is -0.0654 e. The van der Waals surface area contributed by atoms with Crippen molar-refractivity contribution in [2.24, 2.45) is 5.92 Å². The number of hydrogen-bond donors (Lipinski definition) is 0. The summed E-state index contributed by atoms with van der Waals surface area (Å²) < 4.78 is 0. The second kappa shape index (κ2) is 33.0. The van der Waals surface area contributed by atoms with Crippen LogP contribution in [-0.2, 0) is 0 Å². The second-order valence-corrected chi connectivity index (χ2v) is 12.6. The van der Waals surface area contributed by atoms with Crippen molar-refractivity contribution >= 4 is 0 Å². The normalized spacial score (nSPS) is 12.4. The molecule has 0 heteroatoms. The zero-order valence-corrected chi connectivity index (χ0v) is 26.2. The molecule has 0 nitrogen and oxygen atoms in total. The molecule has 0 aliphatic heterocycles. The van der Waals surface area contributed by atoms with Crippen molar-refractivity contribution < 1.29 is 0 Å². The molecule has 0 spiro atoms. The van der Waals surface area contributed by atoms with Gasteiger partial charge in [0.15, 0.2) is 0 Å². The summed E-state index contributed by atoms with van der Waals surface area (Å²) >= 11 is 0. The molecule has 0 heterocycles. The van der Waals surface area contributed by atoms with E-state index in [1.165, 1.54) is 205 Å². The van der Waals surface area contributed by atoms with Crippen molar-refractivity contribution in [3.8, 4) is 0 Å². The number of rotatable bonds is 32. The molecular weight excluding hydrogens is 432 g/mol. The van der Waals surface area contributed by atoms with Gasteiger partial charge in [0, 0.05) is 0 Å². The van der Waals surface area contributed by atoms with E-state index in [-0.39, 0.29) is 0 Å². The van der Waals surface area contributed by atoms with Crippen LogP contribution in [0.25, 0.3) is 0 Å². The monoisotopic (exact) mass is 507 g/mol. The maximum Gasteiger partial charge on any atom is -0.0443 e. The van der Waals surface area contributed by atoms with Crippen molar-refractivity contribution in [1.82, 2.24) is 0 Å². The fourth-order valence-electron chi connectivity index (χ4n) is 5.87. The van der Waals surface area contributed by atoms with E-state index in [1.807, 2.05) is 0 Å². The van der Waals surface area contributed by atoms with Gasteiger partial charge in [-0.1, -0.05) is 226 Å². The van der Waals surface area contributed by atoms with Gasteiger partial charge in [0.25, 0.3) is 0 Å². The van der Waals surface area contributed by atoms with E-state index in [4.69, 9.17) is 0 Å². The molecule has 1 atom stereocenters. The zero-order valence-electron chi connectivity index (χ0n) is 26.2. The third-order valence-electron chi connectivity index (χ3n) is 8.60. The largest absolute Gasteiger partial charge is 0.0654 e.